The van der Waals surface area contributed by atoms with Crippen LogP contribution in [0, 0.1) is 0 Å². The molecule has 0 aliphatic carbocycles. The summed E-state index contributed by atoms with van der Waals surface area (Å²) < 4.78 is 10.3. The number of nitrogens with two attached hydrogens (primary N) is 1. The van der Waals surface area contributed by atoms with Crippen molar-refractivity contribution in [3.05, 3.63) is 29.5 Å². The molecule has 2 rings (SSSR count). The third kappa shape index (κ3) is 2.56. The number of hydrogen-bond donors (Lipinski definition) is 2. The first-order valence-corrected chi connectivity index (χ1v) is 6.27. The Balaban J connectivity index is 2.56. The zero-order chi connectivity index (χ0) is 13.8. The lowest BCUT2D eigenvalue weighted by Crippen LogP contribution is -2.10. The summed E-state index contributed by atoms with van der Waals surface area (Å²) in [6, 6.07) is 5.64. The number of esters is 1. The van der Waals surface area contributed by atoms with Crippen molar-refractivity contribution in [1.82, 2.24) is 4.98 Å². The molecule has 0 fully saturated rings. The molecule has 0 radical (unpaired) electrons. The molecule has 0 saturated carbocycles. The molecule has 102 valence electrons. The lowest BCUT2D eigenvalue weighted by atomic mass is 10.1. The standard InChI is InChI=1S/C14H18N2O3/c1-3-19-14(17)13-10(6-7-15)11-8-9(18-2)4-5-12(11)16-13/h4-5,8,16H,3,6-7,15H2,1-2H3. The Morgan fingerprint density at radius 3 is 2.84 bits per heavy atom. The lowest BCUT2D eigenvalue weighted by molar-refractivity contribution is 0.0519. The average molecular weight is 262 g/mol. The minimum Gasteiger partial charge on any atom is -0.497 e. The van der Waals surface area contributed by atoms with Crippen molar-refractivity contribution in [2.45, 2.75) is 13.3 Å². The Hall–Kier alpha value is -2.01. The molecule has 5 heteroatoms. The van der Waals surface area contributed by atoms with Gasteiger partial charge in [0.15, 0.2) is 0 Å². The van der Waals surface area contributed by atoms with Crippen LogP contribution in [0.15, 0.2) is 18.2 Å². The fourth-order valence-electron chi connectivity index (χ4n) is 2.14. The van der Waals surface area contributed by atoms with E-state index in [-0.39, 0.29) is 5.97 Å². The number of nitrogens with one attached hydrogen (secondary N) is 1. The van der Waals surface area contributed by atoms with Gasteiger partial charge in [-0.2, -0.15) is 0 Å². The van der Waals surface area contributed by atoms with Crippen LogP contribution < -0.4 is 10.5 Å². The summed E-state index contributed by atoms with van der Waals surface area (Å²) in [5.74, 6) is 0.404. The van der Waals surface area contributed by atoms with Crippen molar-refractivity contribution >= 4 is 16.9 Å². The van der Waals surface area contributed by atoms with E-state index >= 15 is 0 Å². The second-order valence-corrected chi connectivity index (χ2v) is 4.15. The predicted octanol–water partition coefficient (Wildman–Crippen LogP) is 1.85. The van der Waals surface area contributed by atoms with Gasteiger partial charge in [0.1, 0.15) is 11.4 Å². The van der Waals surface area contributed by atoms with E-state index in [1.54, 1.807) is 14.0 Å². The molecule has 0 atom stereocenters. The monoisotopic (exact) mass is 262 g/mol. The van der Waals surface area contributed by atoms with Crippen LogP contribution in [0.2, 0.25) is 0 Å². The van der Waals surface area contributed by atoms with Crippen molar-refractivity contribution in [3.63, 3.8) is 0 Å². The van der Waals surface area contributed by atoms with Crippen molar-refractivity contribution in [2.24, 2.45) is 5.73 Å². The van der Waals surface area contributed by atoms with Gasteiger partial charge in [-0.3, -0.25) is 0 Å². The zero-order valence-corrected chi connectivity index (χ0v) is 11.2. The number of rotatable bonds is 5. The van der Waals surface area contributed by atoms with E-state index in [4.69, 9.17) is 15.2 Å². The van der Waals surface area contributed by atoms with Crippen molar-refractivity contribution < 1.29 is 14.3 Å². The highest BCUT2D eigenvalue weighted by molar-refractivity contribution is 5.98. The van der Waals surface area contributed by atoms with Crippen LogP contribution in [-0.2, 0) is 11.2 Å². The number of aromatic amines is 1. The number of methoxy groups -OCH3 is 1. The average Bonchev–Trinajstić information content (AvgIpc) is 2.78. The topological polar surface area (TPSA) is 77.3 Å². The van der Waals surface area contributed by atoms with E-state index in [9.17, 15) is 4.79 Å². The molecular weight excluding hydrogens is 244 g/mol. The number of benzene rings is 1. The van der Waals surface area contributed by atoms with Gasteiger partial charge in [-0.1, -0.05) is 0 Å². The summed E-state index contributed by atoms with van der Waals surface area (Å²) in [5.41, 5.74) is 7.87. The number of H-pyrrole nitrogens is 1. The van der Waals surface area contributed by atoms with E-state index in [1.165, 1.54) is 0 Å². The van der Waals surface area contributed by atoms with Crippen molar-refractivity contribution in [3.8, 4) is 5.75 Å². The number of ether oxygens (including phenoxy) is 2. The third-order valence-electron chi connectivity index (χ3n) is 2.99. The molecule has 0 amide bonds. The second kappa shape index (κ2) is 5.75. The molecule has 0 aliphatic heterocycles. The molecule has 0 saturated heterocycles. The van der Waals surface area contributed by atoms with Gasteiger partial charge in [0.05, 0.1) is 13.7 Å². The summed E-state index contributed by atoms with van der Waals surface area (Å²) in [6.45, 7) is 2.60. The number of fused-ring (bicyclic) bond motifs is 1. The van der Waals surface area contributed by atoms with Gasteiger partial charge in [-0.05, 0) is 43.7 Å². The highest BCUT2D eigenvalue weighted by atomic mass is 16.5. The summed E-state index contributed by atoms with van der Waals surface area (Å²) in [7, 11) is 1.61. The minimum atomic E-state index is -0.346. The SMILES string of the molecule is CCOC(=O)c1[nH]c2ccc(OC)cc2c1CCN. The lowest BCUT2D eigenvalue weighted by Gasteiger charge is -2.03. The quantitative estimate of drug-likeness (QED) is 0.806. The number of hydrogen-bond acceptors (Lipinski definition) is 4. The zero-order valence-electron chi connectivity index (χ0n) is 11.2. The summed E-state index contributed by atoms with van der Waals surface area (Å²) >= 11 is 0. The number of carbonyl (C=O) groups excluding carboxylic acids is 1. The molecule has 0 bridgehead atoms. The van der Waals surface area contributed by atoms with Gasteiger partial charge in [0.2, 0.25) is 0 Å². The molecule has 2 aromatic rings. The largest absolute Gasteiger partial charge is 0.497 e. The minimum absolute atomic E-state index is 0.346. The third-order valence-corrected chi connectivity index (χ3v) is 2.99. The number of aromatic nitrogens is 1. The van der Waals surface area contributed by atoms with E-state index in [0.717, 1.165) is 22.2 Å². The smallest absolute Gasteiger partial charge is 0.355 e. The van der Waals surface area contributed by atoms with Gasteiger partial charge in [0.25, 0.3) is 0 Å². The Morgan fingerprint density at radius 1 is 1.42 bits per heavy atom. The van der Waals surface area contributed by atoms with Gasteiger partial charge in [-0.25, -0.2) is 4.79 Å². The van der Waals surface area contributed by atoms with Gasteiger partial charge in [0, 0.05) is 10.9 Å². The first-order chi connectivity index (χ1) is 9.21. The van der Waals surface area contributed by atoms with Gasteiger partial charge in [-0.15, -0.1) is 0 Å². The van der Waals surface area contributed by atoms with Crippen LogP contribution in [0.5, 0.6) is 5.75 Å². The molecule has 5 nitrogen and oxygen atoms in total. The van der Waals surface area contributed by atoms with E-state index in [2.05, 4.69) is 4.98 Å². The first-order valence-electron chi connectivity index (χ1n) is 6.27. The van der Waals surface area contributed by atoms with E-state index in [0.29, 0.717) is 25.3 Å². The van der Waals surface area contributed by atoms with Crippen molar-refractivity contribution in [2.75, 3.05) is 20.3 Å². The van der Waals surface area contributed by atoms with Crippen LogP contribution in [0.4, 0.5) is 0 Å². The second-order valence-electron chi connectivity index (χ2n) is 4.15. The molecule has 1 aromatic carbocycles. The van der Waals surface area contributed by atoms with Gasteiger partial charge >= 0.3 is 5.97 Å². The first kappa shape index (κ1) is 13.4. The summed E-state index contributed by atoms with van der Waals surface area (Å²) in [5, 5.41) is 0.952. The molecule has 0 aliphatic rings. The Labute approximate surface area is 111 Å². The summed E-state index contributed by atoms with van der Waals surface area (Å²) in [4.78, 5) is 15.0. The fraction of sp³-hybridized carbons (Fsp3) is 0.357. The summed E-state index contributed by atoms with van der Waals surface area (Å²) in [6.07, 6.45) is 0.612. The van der Waals surface area contributed by atoms with Crippen LogP contribution in [0.1, 0.15) is 23.0 Å². The normalized spacial score (nSPS) is 10.7. The Morgan fingerprint density at radius 2 is 2.21 bits per heavy atom. The number of carbonyl (C=O) groups is 1. The van der Waals surface area contributed by atoms with E-state index in [1.807, 2.05) is 18.2 Å². The molecule has 1 aromatic heterocycles. The van der Waals surface area contributed by atoms with Crippen molar-refractivity contribution in [1.29, 1.82) is 0 Å². The highest BCUT2D eigenvalue weighted by Gasteiger charge is 2.18. The molecular formula is C14H18N2O3. The fourth-order valence-corrected chi connectivity index (χ4v) is 2.14. The predicted molar refractivity (Wildman–Crippen MR) is 73.6 cm³/mol. The van der Waals surface area contributed by atoms with Crippen LogP contribution in [-0.4, -0.2) is 31.2 Å². The van der Waals surface area contributed by atoms with E-state index < -0.39 is 0 Å². The molecule has 1 heterocycles. The van der Waals surface area contributed by atoms with Crippen LogP contribution >= 0.6 is 0 Å². The Kier molecular flexibility index (Phi) is 4.06. The van der Waals surface area contributed by atoms with Gasteiger partial charge < -0.3 is 20.2 Å². The van der Waals surface area contributed by atoms with Crippen LogP contribution in [0.3, 0.4) is 0 Å². The maximum Gasteiger partial charge on any atom is 0.355 e. The molecule has 0 spiro atoms. The molecule has 19 heavy (non-hydrogen) atoms. The Bertz CT molecular complexity index is 590. The van der Waals surface area contributed by atoms with Crippen LogP contribution in [0.25, 0.3) is 10.9 Å². The highest BCUT2D eigenvalue weighted by Crippen LogP contribution is 2.27. The maximum atomic E-state index is 11.9. The maximum absolute atomic E-state index is 11.9. The molecule has 0 unspecified atom stereocenters. The molecule has 3 N–H and O–H groups in total.